The highest BCUT2D eigenvalue weighted by Crippen LogP contribution is 2.27. The Labute approximate surface area is 179 Å². The highest BCUT2D eigenvalue weighted by atomic mass is 16.7. The summed E-state index contributed by atoms with van der Waals surface area (Å²) < 4.78 is 10.7. The van der Waals surface area contributed by atoms with Crippen molar-refractivity contribution in [1.82, 2.24) is 0 Å². The molecule has 0 aromatic heterocycles. The maximum atomic E-state index is 12.0. The van der Waals surface area contributed by atoms with E-state index < -0.39 is 6.16 Å². The summed E-state index contributed by atoms with van der Waals surface area (Å²) in [5.41, 5.74) is 3.61. The Morgan fingerprint density at radius 3 is 2.17 bits per heavy atom. The number of carbonyl (C=O) groups is 1. The van der Waals surface area contributed by atoms with Gasteiger partial charge in [-0.1, -0.05) is 62.6 Å². The Bertz CT molecular complexity index is 828. The van der Waals surface area contributed by atoms with Crippen LogP contribution in [0, 0.1) is 17.2 Å². The van der Waals surface area contributed by atoms with Crippen molar-refractivity contribution in [3.63, 3.8) is 0 Å². The quantitative estimate of drug-likeness (QED) is 0.268. The van der Waals surface area contributed by atoms with Crippen LogP contribution in [0.4, 0.5) is 4.79 Å². The van der Waals surface area contributed by atoms with Gasteiger partial charge in [0, 0.05) is 5.92 Å². The summed E-state index contributed by atoms with van der Waals surface area (Å²) in [5.74, 6) is 0.561. The van der Waals surface area contributed by atoms with Crippen LogP contribution in [-0.2, 0) is 11.2 Å². The summed E-state index contributed by atoms with van der Waals surface area (Å²) in [6.45, 7) is 2.23. The molecule has 2 aromatic carbocycles. The number of unbranched alkanes of at least 4 members (excludes halogenated alkanes) is 3. The SMILES string of the molecule is CCCCCCc1ccc(-c2ccc(OC(=O)OC3CCC(C#N)CC3)cc2)cc1. The molecule has 1 saturated carbocycles. The summed E-state index contributed by atoms with van der Waals surface area (Å²) in [4.78, 5) is 12.0. The number of rotatable bonds is 8. The van der Waals surface area contributed by atoms with Crippen LogP contribution in [0.25, 0.3) is 11.1 Å². The van der Waals surface area contributed by atoms with Gasteiger partial charge in [-0.25, -0.2) is 4.79 Å². The van der Waals surface area contributed by atoms with Gasteiger partial charge in [0.15, 0.2) is 0 Å². The number of ether oxygens (including phenoxy) is 2. The second-order valence-corrected chi connectivity index (χ2v) is 8.10. The van der Waals surface area contributed by atoms with E-state index in [9.17, 15) is 4.79 Å². The van der Waals surface area contributed by atoms with E-state index in [1.54, 1.807) is 12.1 Å². The van der Waals surface area contributed by atoms with Crippen molar-refractivity contribution in [3.05, 3.63) is 54.1 Å². The Morgan fingerprint density at radius 2 is 1.57 bits per heavy atom. The van der Waals surface area contributed by atoms with E-state index in [0.717, 1.165) is 43.2 Å². The third-order valence-corrected chi connectivity index (χ3v) is 5.78. The summed E-state index contributed by atoms with van der Waals surface area (Å²) >= 11 is 0. The van der Waals surface area contributed by atoms with Gasteiger partial charge in [0.25, 0.3) is 0 Å². The molecule has 0 atom stereocenters. The Balaban J connectivity index is 1.47. The molecule has 30 heavy (non-hydrogen) atoms. The average molecular weight is 406 g/mol. The maximum Gasteiger partial charge on any atom is 0.514 e. The van der Waals surface area contributed by atoms with Crippen molar-refractivity contribution in [3.8, 4) is 22.9 Å². The molecule has 1 aliphatic carbocycles. The molecule has 0 bridgehead atoms. The molecule has 0 saturated heterocycles. The number of benzene rings is 2. The minimum absolute atomic E-state index is 0.0866. The van der Waals surface area contributed by atoms with Gasteiger partial charge in [0.2, 0.25) is 0 Å². The zero-order chi connectivity index (χ0) is 21.2. The standard InChI is InChI=1S/C26H31NO3/c1-2-3-4-5-6-20-7-11-22(12-8-20)23-13-17-25(18-14-23)30-26(28)29-24-15-9-21(19-27)10-16-24/h7-8,11-14,17-18,21,24H,2-6,9-10,15-16H2,1H3. The van der Waals surface area contributed by atoms with Crippen LogP contribution in [0.15, 0.2) is 48.5 Å². The smallest absolute Gasteiger partial charge is 0.431 e. The van der Waals surface area contributed by atoms with Crippen LogP contribution in [0.3, 0.4) is 0 Å². The molecule has 0 radical (unpaired) electrons. The Hall–Kier alpha value is -2.80. The molecule has 4 nitrogen and oxygen atoms in total. The van der Waals surface area contributed by atoms with E-state index in [4.69, 9.17) is 14.7 Å². The third-order valence-electron chi connectivity index (χ3n) is 5.78. The number of hydrogen-bond acceptors (Lipinski definition) is 4. The van der Waals surface area contributed by atoms with E-state index in [0.29, 0.717) is 5.75 Å². The summed E-state index contributed by atoms with van der Waals surface area (Å²) in [6, 6.07) is 18.5. The minimum Gasteiger partial charge on any atom is -0.431 e. The van der Waals surface area contributed by atoms with Crippen LogP contribution in [0.1, 0.15) is 63.9 Å². The summed E-state index contributed by atoms with van der Waals surface area (Å²) in [6.07, 6.45) is 8.43. The number of nitrogens with zero attached hydrogens (tertiary/aromatic N) is 1. The van der Waals surface area contributed by atoms with Gasteiger partial charge in [-0.2, -0.15) is 5.26 Å². The van der Waals surface area contributed by atoms with E-state index in [2.05, 4.69) is 37.3 Å². The van der Waals surface area contributed by atoms with E-state index >= 15 is 0 Å². The van der Waals surface area contributed by atoms with Gasteiger partial charge in [-0.15, -0.1) is 0 Å². The monoisotopic (exact) mass is 405 g/mol. The van der Waals surface area contributed by atoms with Crippen LogP contribution >= 0.6 is 0 Å². The fourth-order valence-electron chi connectivity index (χ4n) is 3.90. The lowest BCUT2D eigenvalue weighted by Crippen LogP contribution is -2.25. The van der Waals surface area contributed by atoms with Gasteiger partial charge in [0.05, 0.1) is 6.07 Å². The molecule has 1 aliphatic rings. The molecule has 3 rings (SSSR count). The number of aryl methyl sites for hydroxylation is 1. The van der Waals surface area contributed by atoms with Gasteiger partial charge in [0.1, 0.15) is 11.9 Å². The molecular formula is C26H31NO3. The molecule has 0 amide bonds. The summed E-state index contributed by atoms with van der Waals surface area (Å²) in [5, 5.41) is 8.94. The van der Waals surface area contributed by atoms with Gasteiger partial charge >= 0.3 is 6.16 Å². The largest absolute Gasteiger partial charge is 0.514 e. The van der Waals surface area contributed by atoms with Crippen LogP contribution in [-0.4, -0.2) is 12.3 Å². The number of hydrogen-bond donors (Lipinski definition) is 0. The first kappa shape index (κ1) is 21.9. The second-order valence-electron chi connectivity index (χ2n) is 8.10. The van der Waals surface area contributed by atoms with Crippen LogP contribution < -0.4 is 4.74 Å². The normalized spacial score (nSPS) is 18.4. The molecule has 0 spiro atoms. The second kappa shape index (κ2) is 11.4. The zero-order valence-electron chi connectivity index (χ0n) is 17.8. The number of carbonyl (C=O) groups excluding carboxylic acids is 1. The molecule has 0 unspecified atom stereocenters. The van der Waals surface area contributed by atoms with Crippen molar-refractivity contribution in [2.24, 2.45) is 5.92 Å². The molecule has 0 N–H and O–H groups in total. The molecule has 2 aromatic rings. The van der Waals surface area contributed by atoms with Gasteiger partial charge < -0.3 is 9.47 Å². The van der Waals surface area contributed by atoms with E-state index in [1.807, 2.05) is 12.1 Å². The fraction of sp³-hybridized carbons (Fsp3) is 0.462. The first-order valence-corrected chi connectivity index (χ1v) is 11.2. The molecule has 158 valence electrons. The van der Waals surface area contributed by atoms with E-state index in [1.165, 1.54) is 31.2 Å². The first-order chi connectivity index (χ1) is 14.7. The summed E-state index contributed by atoms with van der Waals surface area (Å²) in [7, 11) is 0. The average Bonchev–Trinajstić information content (AvgIpc) is 2.78. The lowest BCUT2D eigenvalue weighted by Gasteiger charge is -2.24. The zero-order valence-corrected chi connectivity index (χ0v) is 17.8. The predicted molar refractivity (Wildman–Crippen MR) is 118 cm³/mol. The molecular weight excluding hydrogens is 374 g/mol. The Morgan fingerprint density at radius 1 is 0.933 bits per heavy atom. The van der Waals surface area contributed by atoms with Crippen molar-refractivity contribution in [1.29, 1.82) is 5.26 Å². The number of nitriles is 1. The van der Waals surface area contributed by atoms with Gasteiger partial charge in [-0.05, 0) is 67.3 Å². The Kier molecular flexibility index (Phi) is 8.32. The minimum atomic E-state index is -0.671. The van der Waals surface area contributed by atoms with Gasteiger partial charge in [-0.3, -0.25) is 0 Å². The van der Waals surface area contributed by atoms with E-state index in [-0.39, 0.29) is 12.0 Å². The molecule has 0 aliphatic heterocycles. The highest BCUT2D eigenvalue weighted by Gasteiger charge is 2.24. The van der Waals surface area contributed by atoms with Crippen LogP contribution in [0.2, 0.25) is 0 Å². The highest BCUT2D eigenvalue weighted by molar-refractivity contribution is 5.67. The fourth-order valence-corrected chi connectivity index (χ4v) is 3.90. The van der Waals surface area contributed by atoms with Crippen molar-refractivity contribution in [2.45, 2.75) is 70.8 Å². The lowest BCUT2D eigenvalue weighted by atomic mass is 9.88. The lowest BCUT2D eigenvalue weighted by molar-refractivity contribution is 0.0375. The van der Waals surface area contributed by atoms with Crippen LogP contribution in [0.5, 0.6) is 5.75 Å². The van der Waals surface area contributed by atoms with Crippen molar-refractivity contribution < 1.29 is 14.3 Å². The van der Waals surface area contributed by atoms with Crippen molar-refractivity contribution >= 4 is 6.16 Å². The third kappa shape index (κ3) is 6.62. The first-order valence-electron chi connectivity index (χ1n) is 11.2. The van der Waals surface area contributed by atoms with Crippen molar-refractivity contribution in [2.75, 3.05) is 0 Å². The maximum absolute atomic E-state index is 12.0. The molecule has 0 heterocycles. The topological polar surface area (TPSA) is 59.3 Å². The molecule has 1 fully saturated rings. The molecule has 4 heteroatoms. The predicted octanol–water partition coefficient (Wildman–Crippen LogP) is 7.07.